The summed E-state index contributed by atoms with van der Waals surface area (Å²) in [5.41, 5.74) is -0.181. The van der Waals surface area contributed by atoms with Gasteiger partial charge >= 0.3 is 6.18 Å². The van der Waals surface area contributed by atoms with E-state index in [1.807, 2.05) is 0 Å². The van der Waals surface area contributed by atoms with Crippen molar-refractivity contribution >= 4 is 0 Å². The highest BCUT2D eigenvalue weighted by atomic mass is 19.4. The van der Waals surface area contributed by atoms with Gasteiger partial charge in [-0.1, -0.05) is 38.0 Å². The summed E-state index contributed by atoms with van der Waals surface area (Å²) < 4.78 is 38.7. The van der Waals surface area contributed by atoms with Crippen molar-refractivity contribution in [2.24, 2.45) is 5.92 Å². The second-order valence-corrected chi connectivity index (χ2v) is 4.78. The number of rotatable bonds is 6. The average Bonchev–Trinajstić information content (AvgIpc) is 2.35. The molecule has 0 amide bonds. The van der Waals surface area contributed by atoms with Crippen LogP contribution in [0.15, 0.2) is 24.3 Å². The van der Waals surface area contributed by atoms with Gasteiger partial charge in [0.25, 0.3) is 0 Å². The van der Waals surface area contributed by atoms with E-state index < -0.39 is 11.7 Å². The van der Waals surface area contributed by atoms with E-state index in [4.69, 9.17) is 6.42 Å². The summed E-state index contributed by atoms with van der Waals surface area (Å²) in [5, 5.41) is 0. The highest BCUT2D eigenvalue weighted by Crippen LogP contribution is 2.33. The normalized spacial score (nSPS) is 13.0. The number of hydrogen-bond acceptors (Lipinski definition) is 0. The second kappa shape index (κ2) is 7.23. The van der Waals surface area contributed by atoms with Crippen molar-refractivity contribution in [1.82, 2.24) is 0 Å². The van der Waals surface area contributed by atoms with E-state index in [0.29, 0.717) is 18.4 Å². The molecule has 0 saturated carbocycles. The summed E-state index contributed by atoms with van der Waals surface area (Å²) in [7, 11) is 0. The van der Waals surface area contributed by atoms with Crippen LogP contribution in [-0.4, -0.2) is 0 Å². The zero-order chi connectivity index (χ0) is 14.3. The average molecular weight is 268 g/mol. The van der Waals surface area contributed by atoms with Crippen LogP contribution >= 0.6 is 0 Å². The first-order valence-electron chi connectivity index (χ1n) is 6.57. The van der Waals surface area contributed by atoms with Crippen molar-refractivity contribution in [1.29, 1.82) is 0 Å². The van der Waals surface area contributed by atoms with E-state index in [0.717, 1.165) is 25.3 Å². The first kappa shape index (κ1) is 15.6. The van der Waals surface area contributed by atoms with Crippen molar-refractivity contribution in [3.63, 3.8) is 0 Å². The van der Waals surface area contributed by atoms with Gasteiger partial charge in [-0.25, -0.2) is 0 Å². The Morgan fingerprint density at radius 3 is 2.53 bits per heavy atom. The van der Waals surface area contributed by atoms with Crippen LogP contribution in [0.5, 0.6) is 0 Å². The summed E-state index contributed by atoms with van der Waals surface area (Å²) in [5.74, 6) is 2.71. The minimum absolute atomic E-state index is 0.133. The third-order valence-electron chi connectivity index (χ3n) is 3.20. The summed E-state index contributed by atoms with van der Waals surface area (Å²) in [4.78, 5) is 0. The molecule has 0 spiro atoms. The Kier molecular flexibility index (Phi) is 5.95. The van der Waals surface area contributed by atoms with Crippen molar-refractivity contribution in [3.05, 3.63) is 35.4 Å². The molecule has 1 rings (SSSR count). The van der Waals surface area contributed by atoms with Crippen molar-refractivity contribution < 1.29 is 13.2 Å². The first-order valence-corrected chi connectivity index (χ1v) is 6.57. The van der Waals surface area contributed by atoms with E-state index in [9.17, 15) is 13.2 Å². The Labute approximate surface area is 113 Å². The Morgan fingerprint density at radius 1 is 1.26 bits per heavy atom. The fraction of sp³-hybridized carbons (Fsp3) is 0.500. The van der Waals surface area contributed by atoms with Crippen LogP contribution in [0.1, 0.15) is 43.7 Å². The maximum absolute atomic E-state index is 12.9. The Balaban J connectivity index is 2.87. The number of halogens is 3. The van der Waals surface area contributed by atoms with E-state index in [2.05, 4.69) is 12.8 Å². The topological polar surface area (TPSA) is 0 Å². The van der Waals surface area contributed by atoms with Gasteiger partial charge in [0.2, 0.25) is 0 Å². The molecule has 0 saturated heterocycles. The molecule has 0 aliphatic heterocycles. The molecule has 1 unspecified atom stereocenters. The molecule has 0 N–H and O–H groups in total. The SMILES string of the molecule is C#CCC(CCCC)Cc1ccccc1C(F)(F)F. The standard InChI is InChI=1S/C16H19F3/c1-3-5-9-13(8-4-2)12-14-10-6-7-11-15(14)16(17,18)19/h2,6-7,10-11,13H,3,5,8-9,12H2,1H3. The Bertz CT molecular complexity index is 426. The zero-order valence-electron chi connectivity index (χ0n) is 11.1. The fourth-order valence-corrected chi connectivity index (χ4v) is 2.22. The lowest BCUT2D eigenvalue weighted by molar-refractivity contribution is -0.138. The molecule has 0 aliphatic rings. The van der Waals surface area contributed by atoms with Gasteiger partial charge < -0.3 is 0 Å². The third kappa shape index (κ3) is 4.98. The minimum atomic E-state index is -4.29. The van der Waals surface area contributed by atoms with Crippen molar-refractivity contribution in [2.75, 3.05) is 0 Å². The smallest absolute Gasteiger partial charge is 0.166 e. The van der Waals surface area contributed by atoms with Crippen LogP contribution in [0.25, 0.3) is 0 Å². The molecular weight excluding hydrogens is 249 g/mol. The summed E-state index contributed by atoms with van der Waals surface area (Å²) in [6.45, 7) is 2.07. The first-order chi connectivity index (χ1) is 8.99. The highest BCUT2D eigenvalue weighted by Gasteiger charge is 2.33. The van der Waals surface area contributed by atoms with Gasteiger partial charge in [0.1, 0.15) is 0 Å². The molecule has 0 aromatic heterocycles. The van der Waals surface area contributed by atoms with Gasteiger partial charge in [0.05, 0.1) is 5.56 Å². The Morgan fingerprint density at radius 2 is 1.95 bits per heavy atom. The molecule has 3 heteroatoms. The molecule has 0 nitrogen and oxygen atoms in total. The molecule has 0 aliphatic carbocycles. The number of hydrogen-bond donors (Lipinski definition) is 0. The monoisotopic (exact) mass is 268 g/mol. The lowest BCUT2D eigenvalue weighted by atomic mass is 9.89. The quantitative estimate of drug-likeness (QED) is 0.631. The second-order valence-electron chi connectivity index (χ2n) is 4.78. The predicted octanol–water partition coefficient (Wildman–Crippen LogP) is 5.08. The number of terminal acetylenes is 1. The summed E-state index contributed by atoms with van der Waals surface area (Å²) >= 11 is 0. The highest BCUT2D eigenvalue weighted by molar-refractivity contribution is 5.30. The summed E-state index contributed by atoms with van der Waals surface area (Å²) in [6.07, 6.45) is 4.87. The maximum atomic E-state index is 12.9. The molecule has 0 bridgehead atoms. The Hall–Kier alpha value is -1.43. The molecule has 0 heterocycles. The van der Waals surface area contributed by atoms with Gasteiger partial charge in [0, 0.05) is 6.42 Å². The van der Waals surface area contributed by atoms with Gasteiger partial charge in [-0.15, -0.1) is 12.3 Å². The molecule has 1 aromatic rings. The predicted molar refractivity (Wildman–Crippen MR) is 71.6 cm³/mol. The number of benzene rings is 1. The minimum Gasteiger partial charge on any atom is -0.166 e. The maximum Gasteiger partial charge on any atom is 0.416 e. The van der Waals surface area contributed by atoms with Crippen LogP contribution < -0.4 is 0 Å². The van der Waals surface area contributed by atoms with Gasteiger partial charge in [-0.05, 0) is 30.4 Å². The third-order valence-corrected chi connectivity index (χ3v) is 3.20. The molecule has 1 aromatic carbocycles. The van der Waals surface area contributed by atoms with E-state index in [1.54, 1.807) is 12.1 Å². The van der Waals surface area contributed by atoms with Gasteiger partial charge in [-0.3, -0.25) is 0 Å². The molecule has 0 radical (unpaired) electrons. The van der Waals surface area contributed by atoms with Crippen molar-refractivity contribution in [2.45, 2.75) is 45.2 Å². The van der Waals surface area contributed by atoms with Crippen LogP contribution in [0, 0.1) is 18.3 Å². The molecule has 0 fully saturated rings. The summed E-state index contributed by atoms with van der Waals surface area (Å²) in [6, 6.07) is 5.77. The fourth-order valence-electron chi connectivity index (χ4n) is 2.22. The van der Waals surface area contributed by atoms with Crippen LogP contribution in [-0.2, 0) is 12.6 Å². The lowest BCUT2D eigenvalue weighted by Gasteiger charge is -2.18. The van der Waals surface area contributed by atoms with Crippen LogP contribution in [0.2, 0.25) is 0 Å². The molecular formula is C16H19F3. The zero-order valence-corrected chi connectivity index (χ0v) is 11.1. The molecule has 104 valence electrons. The lowest BCUT2D eigenvalue weighted by Crippen LogP contribution is -2.12. The van der Waals surface area contributed by atoms with Crippen molar-refractivity contribution in [3.8, 4) is 12.3 Å². The van der Waals surface area contributed by atoms with Crippen LogP contribution in [0.3, 0.4) is 0 Å². The molecule has 19 heavy (non-hydrogen) atoms. The van der Waals surface area contributed by atoms with Gasteiger partial charge in [-0.2, -0.15) is 13.2 Å². The van der Waals surface area contributed by atoms with Crippen LogP contribution in [0.4, 0.5) is 13.2 Å². The number of alkyl halides is 3. The largest absolute Gasteiger partial charge is 0.416 e. The van der Waals surface area contributed by atoms with E-state index in [1.165, 1.54) is 6.07 Å². The van der Waals surface area contributed by atoms with E-state index in [-0.39, 0.29) is 5.92 Å². The van der Waals surface area contributed by atoms with Gasteiger partial charge in [0.15, 0.2) is 0 Å². The molecule has 1 atom stereocenters. The van der Waals surface area contributed by atoms with E-state index >= 15 is 0 Å². The number of unbranched alkanes of at least 4 members (excludes halogenated alkanes) is 1.